The van der Waals surface area contributed by atoms with Gasteiger partial charge in [0.25, 0.3) is 0 Å². The molecule has 3 nitrogen and oxygen atoms in total. The number of pyridine rings is 1. The number of hydrogen-bond acceptors (Lipinski definition) is 2. The van der Waals surface area contributed by atoms with E-state index in [9.17, 15) is 0 Å². The SMILES string of the molecule is C[SiH](C)OC(CCc1cccc2nccn12)C(C)(C)C. The minimum Gasteiger partial charge on any atom is -0.417 e. The van der Waals surface area contributed by atoms with E-state index in [1.807, 2.05) is 18.5 Å². The van der Waals surface area contributed by atoms with E-state index in [4.69, 9.17) is 4.43 Å². The summed E-state index contributed by atoms with van der Waals surface area (Å²) in [7, 11) is -1.01. The van der Waals surface area contributed by atoms with Gasteiger partial charge in [-0.05, 0) is 43.5 Å². The van der Waals surface area contributed by atoms with Crippen LogP contribution in [0.3, 0.4) is 0 Å². The van der Waals surface area contributed by atoms with E-state index in [0.29, 0.717) is 6.10 Å². The minimum atomic E-state index is -1.01. The lowest BCUT2D eigenvalue weighted by atomic mass is 9.86. The number of rotatable bonds is 5. The standard InChI is InChI=1S/C16H26N2OSi/c1-16(2,3)14(19-20(4)5)10-9-13-7-6-8-15-17-11-12-18(13)15/h6-8,11-12,14,20H,9-10H2,1-5H3. The molecule has 110 valence electrons. The Bertz CT molecular complexity index is 557. The molecule has 2 aromatic rings. The molecule has 4 heteroatoms. The van der Waals surface area contributed by atoms with Crippen molar-refractivity contribution in [1.29, 1.82) is 0 Å². The van der Waals surface area contributed by atoms with Gasteiger partial charge in [-0.1, -0.05) is 26.8 Å². The Morgan fingerprint density at radius 3 is 2.70 bits per heavy atom. The molecule has 0 saturated carbocycles. The van der Waals surface area contributed by atoms with Gasteiger partial charge in [0.05, 0.1) is 0 Å². The normalized spacial score (nSPS) is 14.1. The summed E-state index contributed by atoms with van der Waals surface area (Å²) in [5.74, 6) is 0. The van der Waals surface area contributed by atoms with Gasteiger partial charge in [0.1, 0.15) is 5.65 Å². The maximum Gasteiger partial charge on any atom is 0.171 e. The van der Waals surface area contributed by atoms with Crippen molar-refractivity contribution >= 4 is 14.7 Å². The molecule has 0 saturated heterocycles. The Balaban J connectivity index is 2.11. The first-order chi connectivity index (χ1) is 9.38. The van der Waals surface area contributed by atoms with Gasteiger partial charge in [-0.2, -0.15) is 0 Å². The van der Waals surface area contributed by atoms with Crippen molar-refractivity contribution in [1.82, 2.24) is 9.38 Å². The molecule has 0 aromatic carbocycles. The Hall–Kier alpha value is -1.13. The Morgan fingerprint density at radius 1 is 1.30 bits per heavy atom. The summed E-state index contributed by atoms with van der Waals surface area (Å²) in [6.07, 6.45) is 6.31. The van der Waals surface area contributed by atoms with Crippen molar-refractivity contribution in [3.05, 3.63) is 36.3 Å². The molecular formula is C16H26N2OSi. The second kappa shape index (κ2) is 6.10. The molecule has 0 N–H and O–H groups in total. The topological polar surface area (TPSA) is 26.5 Å². The number of fused-ring (bicyclic) bond motifs is 1. The highest BCUT2D eigenvalue weighted by molar-refractivity contribution is 6.48. The predicted molar refractivity (Wildman–Crippen MR) is 86.7 cm³/mol. The second-order valence-electron chi connectivity index (χ2n) is 6.75. The van der Waals surface area contributed by atoms with Gasteiger partial charge in [-0.3, -0.25) is 0 Å². The molecule has 0 fully saturated rings. The van der Waals surface area contributed by atoms with Crippen molar-refractivity contribution in [2.24, 2.45) is 5.41 Å². The monoisotopic (exact) mass is 290 g/mol. The highest BCUT2D eigenvalue weighted by atomic mass is 28.3. The summed E-state index contributed by atoms with van der Waals surface area (Å²) in [6.45, 7) is 11.3. The third-order valence-electron chi connectivity index (χ3n) is 3.58. The zero-order chi connectivity index (χ0) is 14.8. The lowest BCUT2D eigenvalue weighted by Gasteiger charge is -2.32. The van der Waals surface area contributed by atoms with E-state index in [0.717, 1.165) is 18.5 Å². The van der Waals surface area contributed by atoms with Crippen LogP contribution < -0.4 is 0 Å². The van der Waals surface area contributed by atoms with Crippen LogP contribution in [-0.4, -0.2) is 24.5 Å². The van der Waals surface area contributed by atoms with Crippen molar-refractivity contribution < 1.29 is 4.43 Å². The van der Waals surface area contributed by atoms with Gasteiger partial charge < -0.3 is 8.83 Å². The van der Waals surface area contributed by atoms with Crippen LogP contribution in [0.25, 0.3) is 5.65 Å². The summed E-state index contributed by atoms with van der Waals surface area (Å²) in [5, 5.41) is 0. The average Bonchev–Trinajstić information content (AvgIpc) is 2.81. The molecule has 0 aliphatic heterocycles. The summed E-state index contributed by atoms with van der Waals surface area (Å²) >= 11 is 0. The fraction of sp³-hybridized carbons (Fsp3) is 0.562. The van der Waals surface area contributed by atoms with Gasteiger partial charge in [0, 0.05) is 24.2 Å². The Kier molecular flexibility index (Phi) is 4.65. The van der Waals surface area contributed by atoms with Gasteiger partial charge in [-0.25, -0.2) is 4.98 Å². The number of aryl methyl sites for hydroxylation is 1. The number of aromatic nitrogens is 2. The van der Waals surface area contributed by atoms with Gasteiger partial charge in [-0.15, -0.1) is 0 Å². The van der Waals surface area contributed by atoms with E-state index >= 15 is 0 Å². The van der Waals surface area contributed by atoms with E-state index < -0.39 is 9.04 Å². The first-order valence-corrected chi connectivity index (χ1v) is 10.2. The zero-order valence-electron chi connectivity index (χ0n) is 13.3. The molecule has 2 aromatic heterocycles. The number of nitrogens with zero attached hydrogens (tertiary/aromatic N) is 2. The minimum absolute atomic E-state index is 0.195. The summed E-state index contributed by atoms with van der Waals surface area (Å²) in [4.78, 5) is 4.34. The van der Waals surface area contributed by atoms with Crippen LogP contribution in [0.4, 0.5) is 0 Å². The second-order valence-corrected chi connectivity index (χ2v) is 9.12. The van der Waals surface area contributed by atoms with Crippen LogP contribution in [0.2, 0.25) is 13.1 Å². The molecule has 20 heavy (non-hydrogen) atoms. The summed E-state index contributed by atoms with van der Waals surface area (Å²) < 4.78 is 8.42. The largest absolute Gasteiger partial charge is 0.417 e. The predicted octanol–water partition coefficient (Wildman–Crippen LogP) is 3.68. The van der Waals surface area contributed by atoms with Crippen LogP contribution >= 0.6 is 0 Å². The number of hydrogen-bond donors (Lipinski definition) is 0. The zero-order valence-corrected chi connectivity index (χ0v) is 14.4. The molecule has 0 bridgehead atoms. The van der Waals surface area contributed by atoms with E-state index in [1.54, 1.807) is 0 Å². The third kappa shape index (κ3) is 3.70. The maximum absolute atomic E-state index is 6.24. The molecule has 1 atom stereocenters. The van der Waals surface area contributed by atoms with Crippen molar-refractivity contribution in [3.8, 4) is 0 Å². The van der Waals surface area contributed by atoms with E-state index in [1.165, 1.54) is 5.69 Å². The summed E-state index contributed by atoms with van der Waals surface area (Å²) in [5.41, 5.74) is 2.53. The van der Waals surface area contributed by atoms with Gasteiger partial charge in [0.15, 0.2) is 9.04 Å². The Labute approximate surface area is 123 Å². The van der Waals surface area contributed by atoms with Crippen LogP contribution in [0.1, 0.15) is 32.9 Å². The molecule has 0 spiro atoms. The van der Waals surface area contributed by atoms with Gasteiger partial charge in [0.2, 0.25) is 0 Å². The van der Waals surface area contributed by atoms with E-state index in [2.05, 4.69) is 55.4 Å². The molecule has 0 aliphatic rings. The van der Waals surface area contributed by atoms with Crippen molar-refractivity contribution in [2.45, 2.75) is 52.8 Å². The molecule has 0 radical (unpaired) electrons. The van der Waals surface area contributed by atoms with Crippen LogP contribution in [-0.2, 0) is 10.8 Å². The fourth-order valence-corrected chi connectivity index (χ4v) is 3.72. The number of imidazole rings is 1. The smallest absolute Gasteiger partial charge is 0.171 e. The molecule has 1 unspecified atom stereocenters. The Morgan fingerprint density at radius 2 is 2.05 bits per heavy atom. The third-order valence-corrected chi connectivity index (χ3v) is 4.45. The highest BCUT2D eigenvalue weighted by Gasteiger charge is 2.26. The first-order valence-electron chi connectivity index (χ1n) is 7.44. The molecule has 2 heterocycles. The van der Waals surface area contributed by atoms with Crippen molar-refractivity contribution in [2.75, 3.05) is 0 Å². The van der Waals surface area contributed by atoms with Crippen LogP contribution in [0, 0.1) is 5.41 Å². The van der Waals surface area contributed by atoms with Crippen LogP contribution in [0.15, 0.2) is 30.6 Å². The maximum atomic E-state index is 6.24. The molecule has 0 aliphatic carbocycles. The fourth-order valence-electron chi connectivity index (χ4n) is 2.52. The molecule has 0 amide bonds. The molecule has 2 rings (SSSR count). The lowest BCUT2D eigenvalue weighted by molar-refractivity contribution is 0.0785. The first kappa shape index (κ1) is 15.3. The molecular weight excluding hydrogens is 264 g/mol. The summed E-state index contributed by atoms with van der Waals surface area (Å²) in [6, 6.07) is 6.31. The van der Waals surface area contributed by atoms with Crippen LogP contribution in [0.5, 0.6) is 0 Å². The lowest BCUT2D eigenvalue weighted by Crippen LogP contribution is -2.33. The quantitative estimate of drug-likeness (QED) is 0.785. The van der Waals surface area contributed by atoms with Crippen molar-refractivity contribution in [3.63, 3.8) is 0 Å². The van der Waals surface area contributed by atoms with Gasteiger partial charge >= 0.3 is 0 Å². The highest BCUT2D eigenvalue weighted by Crippen LogP contribution is 2.27. The average molecular weight is 290 g/mol. The van der Waals surface area contributed by atoms with E-state index in [-0.39, 0.29) is 5.41 Å².